The quantitative estimate of drug-likeness (QED) is 0.724. The van der Waals surface area contributed by atoms with Crippen molar-refractivity contribution in [2.75, 3.05) is 5.32 Å². The smallest absolute Gasteiger partial charge is 0.291 e. The number of furan rings is 1. The second-order valence-corrected chi connectivity index (χ2v) is 4.00. The molecule has 1 amide bonds. The lowest BCUT2D eigenvalue weighted by Crippen LogP contribution is -2.10. The molecule has 0 spiro atoms. The van der Waals surface area contributed by atoms with Crippen LogP contribution in [0.3, 0.4) is 0 Å². The lowest BCUT2D eigenvalue weighted by Gasteiger charge is -2.02. The minimum absolute atomic E-state index is 0.262. The van der Waals surface area contributed by atoms with Crippen molar-refractivity contribution in [1.29, 1.82) is 0 Å². The standard InChI is InChI=1S/C13H11N3O2/c1-8-2-5-12(18-8)13(17)16-9-3-4-10-11(6-9)15-7-14-10/h2-7H,1H3,(H,14,15)(H,16,17). The van der Waals surface area contributed by atoms with E-state index >= 15 is 0 Å². The molecule has 3 rings (SSSR count). The largest absolute Gasteiger partial charge is 0.456 e. The fourth-order valence-electron chi connectivity index (χ4n) is 1.76. The highest BCUT2D eigenvalue weighted by atomic mass is 16.3. The first-order chi connectivity index (χ1) is 8.72. The molecular formula is C13H11N3O2. The third-order valence-corrected chi connectivity index (χ3v) is 2.64. The number of carbonyl (C=O) groups is 1. The number of nitrogens with zero attached hydrogens (tertiary/aromatic N) is 1. The number of aryl methyl sites for hydroxylation is 1. The number of aromatic nitrogens is 2. The van der Waals surface area contributed by atoms with Crippen LogP contribution in [0.4, 0.5) is 5.69 Å². The van der Waals surface area contributed by atoms with Gasteiger partial charge in [-0.1, -0.05) is 0 Å². The molecular weight excluding hydrogens is 230 g/mol. The van der Waals surface area contributed by atoms with Gasteiger partial charge in [0.1, 0.15) is 5.76 Å². The van der Waals surface area contributed by atoms with E-state index in [0.29, 0.717) is 17.2 Å². The first-order valence-electron chi connectivity index (χ1n) is 5.53. The van der Waals surface area contributed by atoms with Crippen molar-refractivity contribution < 1.29 is 9.21 Å². The molecule has 2 heterocycles. The van der Waals surface area contributed by atoms with E-state index in [4.69, 9.17) is 4.42 Å². The molecule has 18 heavy (non-hydrogen) atoms. The Balaban J connectivity index is 1.85. The first-order valence-corrected chi connectivity index (χ1v) is 5.53. The van der Waals surface area contributed by atoms with E-state index in [9.17, 15) is 4.79 Å². The third-order valence-electron chi connectivity index (χ3n) is 2.64. The zero-order valence-corrected chi connectivity index (χ0v) is 9.73. The number of hydrogen-bond donors (Lipinski definition) is 2. The monoisotopic (exact) mass is 241 g/mol. The number of imidazole rings is 1. The molecule has 0 aliphatic rings. The van der Waals surface area contributed by atoms with Gasteiger partial charge in [-0.15, -0.1) is 0 Å². The van der Waals surface area contributed by atoms with Crippen molar-refractivity contribution in [3.05, 3.63) is 48.2 Å². The molecule has 90 valence electrons. The number of hydrogen-bond acceptors (Lipinski definition) is 3. The summed E-state index contributed by atoms with van der Waals surface area (Å²) in [5, 5.41) is 2.77. The van der Waals surface area contributed by atoms with Gasteiger partial charge >= 0.3 is 0 Å². The summed E-state index contributed by atoms with van der Waals surface area (Å²) < 4.78 is 5.26. The highest BCUT2D eigenvalue weighted by Crippen LogP contribution is 2.17. The molecule has 2 aromatic heterocycles. The SMILES string of the molecule is Cc1ccc(C(=O)Nc2ccc3nc[nH]c3c2)o1. The van der Waals surface area contributed by atoms with Crippen LogP contribution in [0.2, 0.25) is 0 Å². The van der Waals surface area contributed by atoms with Crippen LogP contribution in [0, 0.1) is 6.92 Å². The van der Waals surface area contributed by atoms with Crippen molar-refractivity contribution in [2.45, 2.75) is 6.92 Å². The molecule has 0 saturated carbocycles. The average molecular weight is 241 g/mol. The maximum Gasteiger partial charge on any atom is 0.291 e. The number of amides is 1. The summed E-state index contributed by atoms with van der Waals surface area (Å²) in [5.74, 6) is 0.753. The number of aromatic amines is 1. The highest BCUT2D eigenvalue weighted by Gasteiger charge is 2.10. The van der Waals surface area contributed by atoms with Crippen LogP contribution in [-0.4, -0.2) is 15.9 Å². The Hall–Kier alpha value is -2.56. The van der Waals surface area contributed by atoms with Crippen LogP contribution >= 0.6 is 0 Å². The second kappa shape index (κ2) is 4.03. The summed E-state index contributed by atoms with van der Waals surface area (Å²) in [7, 11) is 0. The highest BCUT2D eigenvalue weighted by molar-refractivity contribution is 6.03. The van der Waals surface area contributed by atoms with Crippen molar-refractivity contribution in [1.82, 2.24) is 9.97 Å². The van der Waals surface area contributed by atoms with Crippen molar-refractivity contribution in [3.63, 3.8) is 0 Å². The first kappa shape index (κ1) is 10.6. The lowest BCUT2D eigenvalue weighted by molar-refractivity contribution is 0.0995. The summed E-state index contributed by atoms with van der Waals surface area (Å²) in [6.07, 6.45) is 1.62. The average Bonchev–Trinajstić information content (AvgIpc) is 2.96. The van der Waals surface area contributed by atoms with Crippen LogP contribution in [0.5, 0.6) is 0 Å². The topological polar surface area (TPSA) is 70.9 Å². The summed E-state index contributed by atoms with van der Waals surface area (Å²) >= 11 is 0. The van der Waals surface area contributed by atoms with E-state index in [2.05, 4.69) is 15.3 Å². The van der Waals surface area contributed by atoms with Crippen LogP contribution in [0.15, 0.2) is 41.1 Å². The zero-order valence-electron chi connectivity index (χ0n) is 9.73. The van der Waals surface area contributed by atoms with Gasteiger partial charge < -0.3 is 14.7 Å². The summed E-state index contributed by atoms with van der Waals surface area (Å²) in [5.41, 5.74) is 2.44. The molecule has 5 nitrogen and oxygen atoms in total. The minimum atomic E-state index is -0.262. The Morgan fingerprint density at radius 2 is 2.22 bits per heavy atom. The van der Waals surface area contributed by atoms with E-state index in [0.717, 1.165) is 11.0 Å². The Morgan fingerprint density at radius 1 is 1.33 bits per heavy atom. The number of carbonyl (C=O) groups excluding carboxylic acids is 1. The van der Waals surface area contributed by atoms with Crippen LogP contribution in [0.1, 0.15) is 16.3 Å². The van der Waals surface area contributed by atoms with Crippen molar-refractivity contribution >= 4 is 22.6 Å². The molecule has 5 heteroatoms. The number of fused-ring (bicyclic) bond motifs is 1. The molecule has 0 radical (unpaired) electrons. The maximum atomic E-state index is 11.9. The summed E-state index contributed by atoms with van der Waals surface area (Å²) in [6.45, 7) is 1.80. The third kappa shape index (κ3) is 1.86. The van der Waals surface area contributed by atoms with Crippen LogP contribution in [0.25, 0.3) is 11.0 Å². The Kier molecular flexibility index (Phi) is 2.37. The fraction of sp³-hybridized carbons (Fsp3) is 0.0769. The molecule has 2 N–H and O–H groups in total. The van der Waals surface area contributed by atoms with E-state index in [1.807, 2.05) is 12.1 Å². The number of rotatable bonds is 2. The molecule has 0 unspecified atom stereocenters. The zero-order chi connectivity index (χ0) is 12.5. The van der Waals surface area contributed by atoms with Gasteiger partial charge in [0.05, 0.1) is 17.4 Å². The van der Waals surface area contributed by atoms with Crippen molar-refractivity contribution in [3.8, 4) is 0 Å². The van der Waals surface area contributed by atoms with E-state index in [-0.39, 0.29) is 5.91 Å². The molecule has 0 aliphatic carbocycles. The van der Waals surface area contributed by atoms with Gasteiger partial charge in [0, 0.05) is 5.69 Å². The number of H-pyrrole nitrogens is 1. The molecule has 1 aromatic carbocycles. The molecule has 0 aliphatic heterocycles. The van der Waals surface area contributed by atoms with Gasteiger partial charge in [0.15, 0.2) is 5.76 Å². The molecule has 3 aromatic rings. The van der Waals surface area contributed by atoms with Crippen LogP contribution in [-0.2, 0) is 0 Å². The Labute approximate surface area is 103 Å². The number of nitrogens with one attached hydrogen (secondary N) is 2. The fourth-order valence-corrected chi connectivity index (χ4v) is 1.76. The van der Waals surface area contributed by atoms with Gasteiger partial charge in [-0.05, 0) is 37.3 Å². The van der Waals surface area contributed by atoms with E-state index < -0.39 is 0 Å². The van der Waals surface area contributed by atoms with Gasteiger partial charge in [-0.3, -0.25) is 4.79 Å². The molecule has 0 fully saturated rings. The Morgan fingerprint density at radius 3 is 3.00 bits per heavy atom. The van der Waals surface area contributed by atoms with Gasteiger partial charge in [-0.25, -0.2) is 4.98 Å². The second-order valence-electron chi connectivity index (χ2n) is 4.00. The van der Waals surface area contributed by atoms with Gasteiger partial charge in [-0.2, -0.15) is 0 Å². The van der Waals surface area contributed by atoms with Gasteiger partial charge in [0.2, 0.25) is 0 Å². The molecule has 0 saturated heterocycles. The van der Waals surface area contributed by atoms with E-state index in [1.165, 1.54) is 0 Å². The normalized spacial score (nSPS) is 10.7. The summed E-state index contributed by atoms with van der Waals surface area (Å²) in [6, 6.07) is 8.88. The maximum absolute atomic E-state index is 11.9. The Bertz CT molecular complexity index is 712. The minimum Gasteiger partial charge on any atom is -0.456 e. The predicted octanol–water partition coefficient (Wildman–Crippen LogP) is 2.72. The predicted molar refractivity (Wildman–Crippen MR) is 67.5 cm³/mol. The summed E-state index contributed by atoms with van der Waals surface area (Å²) in [4.78, 5) is 19.0. The van der Waals surface area contributed by atoms with Crippen LogP contribution < -0.4 is 5.32 Å². The van der Waals surface area contributed by atoms with Crippen molar-refractivity contribution in [2.24, 2.45) is 0 Å². The van der Waals surface area contributed by atoms with Gasteiger partial charge in [0.25, 0.3) is 5.91 Å². The molecule has 0 atom stereocenters. The number of benzene rings is 1. The molecule has 0 bridgehead atoms. The number of anilines is 1. The lowest BCUT2D eigenvalue weighted by atomic mass is 10.2. The van der Waals surface area contributed by atoms with E-state index in [1.54, 1.807) is 31.5 Å².